The Bertz CT molecular complexity index is 707. The largest absolute Gasteiger partial charge is 0.305 e. The molecule has 0 aliphatic carbocycles. The summed E-state index contributed by atoms with van der Waals surface area (Å²) >= 11 is 4.13. The summed E-state index contributed by atoms with van der Waals surface area (Å²) in [7, 11) is 0. The van der Waals surface area contributed by atoms with Crippen molar-refractivity contribution in [3.63, 3.8) is 0 Å². The number of rotatable bonds is 3. The molecule has 6 nitrogen and oxygen atoms in total. The lowest BCUT2D eigenvalue weighted by Gasteiger charge is -2.04. The van der Waals surface area contributed by atoms with Gasteiger partial charge < -0.3 is 0 Å². The molecule has 0 saturated carbocycles. The summed E-state index contributed by atoms with van der Waals surface area (Å²) in [6, 6.07) is 1.31. The van der Waals surface area contributed by atoms with Crippen LogP contribution in [0.3, 0.4) is 0 Å². The smallest absolute Gasteiger partial charge is 0.298 e. The first kappa shape index (κ1) is 14.5. The van der Waals surface area contributed by atoms with E-state index in [9.17, 15) is 23.7 Å². The predicted octanol–water partition coefficient (Wildman–Crippen LogP) is 3.34. The van der Waals surface area contributed by atoms with Crippen molar-refractivity contribution >= 4 is 44.0 Å². The van der Waals surface area contributed by atoms with E-state index >= 15 is 0 Å². The fraction of sp³-hybridized carbons (Fsp3) is 0. The van der Waals surface area contributed by atoms with Crippen LogP contribution in [-0.4, -0.2) is 15.8 Å². The lowest BCUT2D eigenvalue weighted by Crippen LogP contribution is -2.16. The van der Waals surface area contributed by atoms with Crippen molar-refractivity contribution in [1.82, 2.24) is 4.98 Å². The van der Waals surface area contributed by atoms with Crippen molar-refractivity contribution in [3.8, 4) is 0 Å². The van der Waals surface area contributed by atoms with E-state index in [4.69, 9.17) is 0 Å². The number of carbonyl (C=O) groups is 1. The molecule has 0 radical (unpaired) electrons. The van der Waals surface area contributed by atoms with Gasteiger partial charge in [0.15, 0.2) is 5.13 Å². The zero-order valence-corrected chi connectivity index (χ0v) is 11.8. The minimum atomic E-state index is -1.52. The Morgan fingerprint density at radius 3 is 2.70 bits per heavy atom. The summed E-state index contributed by atoms with van der Waals surface area (Å²) in [5, 5.41) is 12.8. The van der Waals surface area contributed by atoms with E-state index in [0.29, 0.717) is 15.9 Å². The van der Waals surface area contributed by atoms with Crippen LogP contribution in [0.1, 0.15) is 10.4 Å². The average Bonchev–Trinajstić information content (AvgIpc) is 2.74. The molecule has 1 aromatic heterocycles. The minimum Gasteiger partial charge on any atom is -0.298 e. The van der Waals surface area contributed by atoms with Crippen molar-refractivity contribution in [2.24, 2.45) is 0 Å². The quantitative estimate of drug-likeness (QED) is 0.669. The molecule has 1 heterocycles. The molecule has 10 heteroatoms. The maximum atomic E-state index is 13.8. The number of halogens is 3. The Kier molecular flexibility index (Phi) is 4.04. The Morgan fingerprint density at radius 1 is 1.45 bits per heavy atom. The average molecular weight is 364 g/mol. The molecule has 2 aromatic rings. The van der Waals surface area contributed by atoms with Crippen LogP contribution in [0.15, 0.2) is 22.1 Å². The van der Waals surface area contributed by atoms with Crippen LogP contribution in [0.5, 0.6) is 0 Å². The molecule has 104 valence electrons. The molecule has 0 fully saturated rings. The maximum Gasteiger partial charge on any atom is 0.305 e. The van der Waals surface area contributed by atoms with Crippen molar-refractivity contribution in [1.29, 1.82) is 0 Å². The second-order valence-electron chi connectivity index (χ2n) is 3.44. The highest BCUT2D eigenvalue weighted by Gasteiger charge is 2.26. The van der Waals surface area contributed by atoms with Gasteiger partial charge in [0.2, 0.25) is 5.82 Å². The van der Waals surface area contributed by atoms with Gasteiger partial charge in [0, 0.05) is 6.07 Å². The Morgan fingerprint density at radius 2 is 2.15 bits per heavy atom. The van der Waals surface area contributed by atoms with Crippen molar-refractivity contribution < 1.29 is 18.5 Å². The molecule has 20 heavy (non-hydrogen) atoms. The third kappa shape index (κ3) is 2.80. The fourth-order valence-corrected chi connectivity index (χ4v) is 2.46. The van der Waals surface area contributed by atoms with Gasteiger partial charge in [-0.15, -0.1) is 0 Å². The van der Waals surface area contributed by atoms with Gasteiger partial charge in [-0.05, 0) is 22.0 Å². The number of nitrogens with one attached hydrogen (secondary N) is 1. The topological polar surface area (TPSA) is 85.1 Å². The second kappa shape index (κ2) is 5.59. The van der Waals surface area contributed by atoms with Gasteiger partial charge in [-0.1, -0.05) is 11.3 Å². The summed E-state index contributed by atoms with van der Waals surface area (Å²) in [4.78, 5) is 25.1. The summed E-state index contributed by atoms with van der Waals surface area (Å²) in [6.45, 7) is 0. The lowest BCUT2D eigenvalue weighted by molar-refractivity contribution is -0.387. The van der Waals surface area contributed by atoms with Gasteiger partial charge in [0.05, 0.1) is 14.9 Å². The van der Waals surface area contributed by atoms with Crippen LogP contribution in [0.2, 0.25) is 0 Å². The number of carbonyl (C=O) groups excluding carboxylic acids is 1. The number of nitro benzene ring substituents is 1. The van der Waals surface area contributed by atoms with E-state index < -0.39 is 33.7 Å². The second-order valence-corrected chi connectivity index (χ2v) is 5.85. The molecule has 0 aliphatic rings. The first-order valence-corrected chi connectivity index (χ1v) is 6.56. The summed E-state index contributed by atoms with van der Waals surface area (Å²) in [5.41, 5.74) is -2.00. The highest BCUT2D eigenvalue weighted by Crippen LogP contribution is 2.26. The highest BCUT2D eigenvalue weighted by molar-refractivity contribution is 9.11. The summed E-state index contributed by atoms with van der Waals surface area (Å²) in [6.07, 6.45) is 1.39. The fourth-order valence-electron chi connectivity index (χ4n) is 1.36. The normalized spacial score (nSPS) is 10.3. The van der Waals surface area contributed by atoms with Crippen LogP contribution in [0, 0.1) is 21.7 Å². The molecule has 2 rings (SSSR count). The van der Waals surface area contributed by atoms with Crippen molar-refractivity contribution in [2.75, 3.05) is 5.32 Å². The first-order valence-electron chi connectivity index (χ1n) is 4.95. The van der Waals surface area contributed by atoms with Crippen molar-refractivity contribution in [3.05, 3.63) is 49.4 Å². The molecule has 0 spiro atoms. The zero-order valence-electron chi connectivity index (χ0n) is 9.39. The van der Waals surface area contributed by atoms with Gasteiger partial charge >= 0.3 is 5.69 Å². The number of hydrogen-bond acceptors (Lipinski definition) is 5. The predicted molar refractivity (Wildman–Crippen MR) is 70.8 cm³/mol. The monoisotopic (exact) mass is 363 g/mol. The number of benzene rings is 1. The molecule has 0 bridgehead atoms. The Balaban J connectivity index is 2.38. The summed E-state index contributed by atoms with van der Waals surface area (Å²) in [5.74, 6) is -3.87. The standard InChI is InChI=1S/C10H4BrF2N3O3S/c11-6-3-14-10(20-6)15-9(17)7-4(12)1-2-5(8(7)13)16(18)19/h1-3H,(H,14,15,17). The molecule has 1 aromatic carbocycles. The summed E-state index contributed by atoms with van der Waals surface area (Å²) < 4.78 is 27.9. The SMILES string of the molecule is O=C(Nc1ncc(Br)s1)c1c(F)ccc([N+](=O)[O-])c1F. The van der Waals surface area contributed by atoms with Crippen molar-refractivity contribution in [2.45, 2.75) is 0 Å². The molecule has 1 amide bonds. The molecular weight excluding hydrogens is 360 g/mol. The van der Waals surface area contributed by atoms with Crippen LogP contribution >= 0.6 is 27.3 Å². The Labute approximate surface area is 122 Å². The first-order chi connectivity index (χ1) is 9.40. The highest BCUT2D eigenvalue weighted by atomic mass is 79.9. The van der Waals surface area contributed by atoms with E-state index in [-0.39, 0.29) is 5.13 Å². The third-order valence-electron chi connectivity index (χ3n) is 2.19. The minimum absolute atomic E-state index is 0.104. The van der Waals surface area contributed by atoms with E-state index in [0.717, 1.165) is 11.3 Å². The van der Waals surface area contributed by atoms with Crippen LogP contribution in [0.4, 0.5) is 19.6 Å². The third-order valence-corrected chi connectivity index (χ3v) is 3.58. The van der Waals surface area contributed by atoms with Gasteiger partial charge in [-0.2, -0.15) is 4.39 Å². The number of hydrogen-bond donors (Lipinski definition) is 1. The van der Waals surface area contributed by atoms with Gasteiger partial charge in [0.25, 0.3) is 5.91 Å². The Hall–Kier alpha value is -1.94. The number of nitrogens with zero attached hydrogens (tertiary/aromatic N) is 2. The number of anilines is 1. The molecule has 0 saturated heterocycles. The molecule has 0 atom stereocenters. The molecule has 0 aliphatic heterocycles. The van der Waals surface area contributed by atoms with E-state index in [1.165, 1.54) is 6.20 Å². The van der Waals surface area contributed by atoms with E-state index in [1.54, 1.807) is 0 Å². The van der Waals surface area contributed by atoms with E-state index in [1.807, 2.05) is 0 Å². The number of nitro groups is 1. The number of thiazole rings is 1. The number of aromatic nitrogens is 1. The molecule has 0 unspecified atom stereocenters. The molecular formula is C10H4BrF2N3O3S. The lowest BCUT2D eigenvalue weighted by atomic mass is 10.1. The molecule has 1 N–H and O–H groups in total. The van der Waals surface area contributed by atoms with Crippen LogP contribution < -0.4 is 5.32 Å². The zero-order chi connectivity index (χ0) is 14.9. The van der Waals surface area contributed by atoms with Gasteiger partial charge in [-0.3, -0.25) is 20.2 Å². The number of amides is 1. The van der Waals surface area contributed by atoms with Gasteiger partial charge in [0.1, 0.15) is 11.4 Å². The van der Waals surface area contributed by atoms with E-state index in [2.05, 4.69) is 26.2 Å². The van der Waals surface area contributed by atoms with Crippen LogP contribution in [0.25, 0.3) is 0 Å². The maximum absolute atomic E-state index is 13.8. The van der Waals surface area contributed by atoms with Crippen LogP contribution in [-0.2, 0) is 0 Å². The van der Waals surface area contributed by atoms with Gasteiger partial charge in [-0.25, -0.2) is 9.37 Å².